The molecule has 0 saturated carbocycles. The van der Waals surface area contributed by atoms with Crippen molar-refractivity contribution in [3.8, 4) is 0 Å². The number of aliphatic hydroxyl groups is 4. The normalized spacial score (nSPS) is 11.9. The lowest BCUT2D eigenvalue weighted by atomic mass is 10.2. The molecule has 0 rings (SSSR count). The Balaban J connectivity index is -0.000000219. The monoisotopic (exact) mass is 282 g/mol. The van der Waals surface area contributed by atoms with Crippen LogP contribution in [0.2, 0.25) is 0 Å². The Morgan fingerprint density at radius 1 is 1.00 bits per heavy atom. The largest absolute Gasteiger partial charge is 0.481 e. The summed E-state index contributed by atoms with van der Waals surface area (Å²) < 4.78 is 0. The highest BCUT2D eigenvalue weighted by molar-refractivity contribution is 5.91. The molecule has 114 valence electrons. The van der Waals surface area contributed by atoms with Gasteiger partial charge in [0.25, 0.3) is 0 Å². The molecule has 0 aromatic rings. The van der Waals surface area contributed by atoms with Crippen molar-refractivity contribution in [2.75, 3.05) is 13.2 Å². The molecule has 8 nitrogen and oxygen atoms in total. The van der Waals surface area contributed by atoms with E-state index in [1.165, 1.54) is 13.8 Å². The van der Waals surface area contributed by atoms with Crippen LogP contribution in [0.1, 0.15) is 20.3 Å². The van der Waals surface area contributed by atoms with Gasteiger partial charge in [0.05, 0.1) is 31.8 Å². The number of hydrogen-bond acceptors (Lipinski definition) is 6. The van der Waals surface area contributed by atoms with Crippen LogP contribution in [0.4, 0.5) is 0 Å². The lowest BCUT2D eigenvalue weighted by Crippen LogP contribution is -2.04. The maximum Gasteiger partial charge on any atom is 0.331 e. The molecule has 6 N–H and O–H groups in total. The summed E-state index contributed by atoms with van der Waals surface area (Å²) >= 11 is 0. The number of aliphatic hydroxyl groups excluding tert-OH is 4. The van der Waals surface area contributed by atoms with Crippen LogP contribution < -0.4 is 0 Å². The summed E-state index contributed by atoms with van der Waals surface area (Å²) in [5, 5.41) is 48.1. The van der Waals surface area contributed by atoms with Gasteiger partial charge in [-0.05, 0) is 13.8 Å². The van der Waals surface area contributed by atoms with Crippen LogP contribution in [0.5, 0.6) is 0 Å². The molecule has 0 bridgehead atoms. The predicted octanol–water partition coefficient (Wildman–Crippen LogP) is -1.18. The summed E-state index contributed by atoms with van der Waals surface area (Å²) in [6, 6.07) is 0. The average molecular weight is 282 g/mol. The molecule has 0 aromatic carbocycles. The van der Waals surface area contributed by atoms with Crippen molar-refractivity contribution in [2.45, 2.75) is 32.5 Å². The first-order valence-electron chi connectivity index (χ1n) is 5.29. The molecule has 19 heavy (non-hydrogen) atoms. The molecule has 0 amide bonds. The number of aliphatic carboxylic acids is 2. The number of carboxylic acids is 2. The fraction of sp³-hybridized carbons (Fsp3) is 0.636. The second-order valence-corrected chi connectivity index (χ2v) is 3.54. The van der Waals surface area contributed by atoms with E-state index < -0.39 is 30.6 Å². The van der Waals surface area contributed by atoms with Gasteiger partial charge in [0, 0.05) is 5.57 Å². The second-order valence-electron chi connectivity index (χ2n) is 3.54. The van der Waals surface area contributed by atoms with Gasteiger partial charge in [-0.25, -0.2) is 4.79 Å². The molecule has 0 aliphatic heterocycles. The highest BCUT2D eigenvalue weighted by Crippen LogP contribution is 1.95. The zero-order valence-electron chi connectivity index (χ0n) is 11.0. The van der Waals surface area contributed by atoms with Crippen LogP contribution in [0.3, 0.4) is 0 Å². The number of hydrogen-bond donors (Lipinski definition) is 6. The Morgan fingerprint density at radius 2 is 1.26 bits per heavy atom. The van der Waals surface area contributed by atoms with E-state index in [0.29, 0.717) is 0 Å². The van der Waals surface area contributed by atoms with Crippen LogP contribution >= 0.6 is 0 Å². The highest BCUT2D eigenvalue weighted by atomic mass is 16.4. The molecule has 0 aromatic heterocycles. The maximum absolute atomic E-state index is 9.87. The first-order valence-corrected chi connectivity index (χ1v) is 5.29. The molecule has 0 spiro atoms. The van der Waals surface area contributed by atoms with E-state index >= 15 is 0 Å². The van der Waals surface area contributed by atoms with E-state index in [2.05, 4.69) is 6.58 Å². The SMILES string of the molecule is C=C(CC(=O)O)C(=O)O.CC(O)CO.CC(O)CO. The van der Waals surface area contributed by atoms with Crippen molar-refractivity contribution in [3.63, 3.8) is 0 Å². The number of carboxylic acid groups (broad SMARTS) is 2. The Kier molecular flexibility index (Phi) is 17.4. The minimum absolute atomic E-state index is 0.139. The average Bonchev–Trinajstić information content (AvgIpc) is 2.29. The van der Waals surface area contributed by atoms with E-state index in [1.54, 1.807) is 0 Å². The van der Waals surface area contributed by atoms with Gasteiger partial charge >= 0.3 is 11.9 Å². The maximum atomic E-state index is 9.87. The van der Waals surface area contributed by atoms with E-state index in [9.17, 15) is 9.59 Å². The first-order chi connectivity index (χ1) is 8.58. The summed E-state index contributed by atoms with van der Waals surface area (Å²) in [7, 11) is 0. The van der Waals surface area contributed by atoms with Crippen LogP contribution in [0.25, 0.3) is 0 Å². The van der Waals surface area contributed by atoms with Crippen LogP contribution in [-0.4, -0.2) is 68.0 Å². The first kappa shape index (κ1) is 22.7. The van der Waals surface area contributed by atoms with Crippen molar-refractivity contribution < 1.29 is 40.2 Å². The minimum atomic E-state index is -1.27. The van der Waals surface area contributed by atoms with Gasteiger partial charge in [-0.1, -0.05) is 6.58 Å². The van der Waals surface area contributed by atoms with Crippen LogP contribution in [-0.2, 0) is 9.59 Å². The summed E-state index contributed by atoms with van der Waals surface area (Å²) in [5.74, 6) is -2.44. The summed E-state index contributed by atoms with van der Waals surface area (Å²) in [5.41, 5.74) is -0.303. The quantitative estimate of drug-likeness (QED) is 0.344. The fourth-order valence-electron chi connectivity index (χ4n) is 0.258. The third-order valence-corrected chi connectivity index (χ3v) is 1.20. The van der Waals surface area contributed by atoms with Crippen LogP contribution in [0, 0.1) is 0 Å². The van der Waals surface area contributed by atoms with Crippen molar-refractivity contribution in [1.82, 2.24) is 0 Å². The molecule has 2 atom stereocenters. The zero-order chi connectivity index (χ0) is 16.0. The Hall–Kier alpha value is -1.48. The van der Waals surface area contributed by atoms with E-state index in [-0.39, 0.29) is 18.8 Å². The Labute approximate surface area is 111 Å². The summed E-state index contributed by atoms with van der Waals surface area (Å²) in [4.78, 5) is 19.7. The van der Waals surface area contributed by atoms with Crippen molar-refractivity contribution in [3.05, 3.63) is 12.2 Å². The molecule has 0 radical (unpaired) electrons. The van der Waals surface area contributed by atoms with Gasteiger partial charge in [0.1, 0.15) is 0 Å². The second kappa shape index (κ2) is 14.6. The molecule has 8 heteroatoms. The van der Waals surface area contributed by atoms with Gasteiger partial charge in [0.2, 0.25) is 0 Å². The van der Waals surface area contributed by atoms with Gasteiger partial charge in [0.15, 0.2) is 0 Å². The van der Waals surface area contributed by atoms with Gasteiger partial charge in [-0.2, -0.15) is 0 Å². The van der Waals surface area contributed by atoms with Gasteiger partial charge in [-0.3, -0.25) is 4.79 Å². The molecular weight excluding hydrogens is 260 g/mol. The molecular formula is C11H22O8. The van der Waals surface area contributed by atoms with Crippen molar-refractivity contribution in [1.29, 1.82) is 0 Å². The fourth-order valence-corrected chi connectivity index (χ4v) is 0.258. The molecule has 0 heterocycles. The lowest BCUT2D eigenvalue weighted by molar-refractivity contribution is -0.139. The van der Waals surface area contributed by atoms with E-state index in [4.69, 9.17) is 30.6 Å². The topological polar surface area (TPSA) is 156 Å². The highest BCUT2D eigenvalue weighted by Gasteiger charge is 2.07. The Morgan fingerprint density at radius 3 is 1.32 bits per heavy atom. The van der Waals surface area contributed by atoms with Crippen LogP contribution in [0.15, 0.2) is 12.2 Å². The third kappa shape index (κ3) is 31.5. The molecule has 2 unspecified atom stereocenters. The van der Waals surface area contributed by atoms with Crippen molar-refractivity contribution >= 4 is 11.9 Å². The predicted molar refractivity (Wildman–Crippen MR) is 66.6 cm³/mol. The third-order valence-electron chi connectivity index (χ3n) is 1.20. The zero-order valence-corrected chi connectivity index (χ0v) is 11.0. The molecule has 0 saturated heterocycles. The van der Waals surface area contributed by atoms with E-state index in [0.717, 1.165) is 0 Å². The standard InChI is InChI=1S/C5H6O4.2C3H8O2/c1-3(5(8)9)2-4(6)7;2*1-3(5)2-4/h1-2H2,(H,6,7)(H,8,9);2*3-5H,2H2,1H3. The smallest absolute Gasteiger partial charge is 0.331 e. The molecule has 0 aliphatic carbocycles. The molecule has 0 fully saturated rings. The van der Waals surface area contributed by atoms with Gasteiger partial charge in [-0.15, -0.1) is 0 Å². The Bertz CT molecular complexity index is 251. The summed E-state index contributed by atoms with van der Waals surface area (Å²) in [6.45, 7) is 5.79. The lowest BCUT2D eigenvalue weighted by Gasteiger charge is -1.91. The summed E-state index contributed by atoms with van der Waals surface area (Å²) in [6.07, 6.45) is -1.63. The van der Waals surface area contributed by atoms with Crippen molar-refractivity contribution in [2.24, 2.45) is 0 Å². The van der Waals surface area contributed by atoms with E-state index in [1.807, 2.05) is 0 Å². The number of rotatable bonds is 5. The minimum Gasteiger partial charge on any atom is -0.481 e. The molecule has 0 aliphatic rings. The van der Waals surface area contributed by atoms with Gasteiger partial charge < -0.3 is 30.6 Å². The number of carbonyl (C=O) groups is 2.